The van der Waals surface area contributed by atoms with E-state index in [0.717, 1.165) is 18.5 Å². The number of aryl methyl sites for hydroxylation is 1. The van der Waals surface area contributed by atoms with Gasteiger partial charge in [0.2, 0.25) is 10.0 Å². The second kappa shape index (κ2) is 7.24. The number of nitrogens with zero attached hydrogens (tertiary/aromatic N) is 1. The van der Waals surface area contributed by atoms with Gasteiger partial charge in [-0.2, -0.15) is 0 Å². The van der Waals surface area contributed by atoms with Crippen molar-refractivity contribution in [3.8, 4) is 0 Å². The van der Waals surface area contributed by atoms with Crippen LogP contribution in [0, 0.1) is 0 Å². The van der Waals surface area contributed by atoms with E-state index in [1.54, 1.807) is 12.3 Å². The molecule has 0 bridgehead atoms. The summed E-state index contributed by atoms with van der Waals surface area (Å²) >= 11 is 0. The molecule has 0 unspecified atom stereocenters. The average molecular weight is 301 g/mol. The van der Waals surface area contributed by atoms with Crippen molar-refractivity contribution in [3.05, 3.63) is 18.0 Å². The molecule has 0 aliphatic rings. The van der Waals surface area contributed by atoms with Crippen LogP contribution in [-0.4, -0.2) is 25.1 Å². The Morgan fingerprint density at radius 2 is 1.85 bits per heavy atom. The summed E-state index contributed by atoms with van der Waals surface area (Å²) in [7, 11) is -1.55. The quantitative estimate of drug-likeness (QED) is 0.772. The third-order valence-corrected chi connectivity index (χ3v) is 4.88. The molecule has 116 valence electrons. The fourth-order valence-corrected chi connectivity index (χ4v) is 3.45. The summed E-state index contributed by atoms with van der Waals surface area (Å²) < 4.78 is 29.2. The van der Waals surface area contributed by atoms with E-state index in [9.17, 15) is 8.42 Å². The lowest BCUT2D eigenvalue weighted by atomic mass is 10.2. The molecular formula is C14H27N3O2S. The van der Waals surface area contributed by atoms with Gasteiger partial charge in [0.15, 0.2) is 0 Å². The van der Waals surface area contributed by atoms with Crippen LogP contribution in [-0.2, 0) is 23.6 Å². The van der Waals surface area contributed by atoms with Gasteiger partial charge in [-0.1, -0.05) is 27.7 Å². The summed E-state index contributed by atoms with van der Waals surface area (Å²) in [5.74, 6) is 0. The molecule has 0 aromatic carbocycles. The van der Waals surface area contributed by atoms with Crippen molar-refractivity contribution in [1.29, 1.82) is 0 Å². The van der Waals surface area contributed by atoms with Crippen molar-refractivity contribution < 1.29 is 8.42 Å². The van der Waals surface area contributed by atoms with E-state index in [4.69, 9.17) is 0 Å². The first-order valence-electron chi connectivity index (χ1n) is 7.21. The molecule has 0 atom stereocenters. The van der Waals surface area contributed by atoms with Gasteiger partial charge in [0.1, 0.15) is 0 Å². The molecule has 0 fully saturated rings. The van der Waals surface area contributed by atoms with Crippen LogP contribution in [0.25, 0.3) is 0 Å². The van der Waals surface area contributed by atoms with Crippen LogP contribution < -0.4 is 10.0 Å². The fraction of sp³-hybridized carbons (Fsp3) is 0.714. The molecule has 0 spiro atoms. The van der Waals surface area contributed by atoms with Gasteiger partial charge in [0, 0.05) is 37.6 Å². The van der Waals surface area contributed by atoms with E-state index in [1.165, 1.54) is 0 Å². The number of rotatable bonds is 8. The number of nitrogens with one attached hydrogen (secondary N) is 2. The summed E-state index contributed by atoms with van der Waals surface area (Å²) in [5, 5.41) is 3.29. The normalized spacial score (nSPS) is 12.6. The molecule has 6 heteroatoms. The third kappa shape index (κ3) is 4.61. The largest absolute Gasteiger partial charge is 0.352 e. The van der Waals surface area contributed by atoms with Gasteiger partial charge in [-0.05, 0) is 18.9 Å². The van der Waals surface area contributed by atoms with Crippen molar-refractivity contribution in [2.24, 2.45) is 7.05 Å². The molecule has 5 nitrogen and oxygen atoms in total. The van der Waals surface area contributed by atoms with Crippen LogP contribution in [0.2, 0.25) is 0 Å². The minimum Gasteiger partial charge on any atom is -0.352 e. The smallest absolute Gasteiger partial charge is 0.242 e. The molecule has 0 aliphatic heterocycles. The van der Waals surface area contributed by atoms with Crippen molar-refractivity contribution in [2.75, 3.05) is 0 Å². The Kier molecular flexibility index (Phi) is 6.23. The second-order valence-electron chi connectivity index (χ2n) is 5.45. The van der Waals surface area contributed by atoms with Gasteiger partial charge >= 0.3 is 0 Å². The summed E-state index contributed by atoms with van der Waals surface area (Å²) in [4.78, 5) is 0.340. The van der Waals surface area contributed by atoms with E-state index in [1.807, 2.05) is 25.5 Å². The fourth-order valence-electron chi connectivity index (χ4n) is 1.95. The number of hydrogen-bond donors (Lipinski definition) is 2. The van der Waals surface area contributed by atoms with Crippen molar-refractivity contribution in [3.63, 3.8) is 0 Å². The lowest BCUT2D eigenvalue weighted by Gasteiger charge is -2.13. The lowest BCUT2D eigenvalue weighted by molar-refractivity contribution is 0.530. The van der Waals surface area contributed by atoms with E-state index >= 15 is 0 Å². The molecule has 1 heterocycles. The van der Waals surface area contributed by atoms with Gasteiger partial charge < -0.3 is 9.88 Å². The zero-order valence-electron chi connectivity index (χ0n) is 13.1. The minimum atomic E-state index is -3.42. The highest BCUT2D eigenvalue weighted by Crippen LogP contribution is 2.15. The molecule has 2 N–H and O–H groups in total. The summed E-state index contributed by atoms with van der Waals surface area (Å²) in [6.07, 6.45) is 3.26. The van der Waals surface area contributed by atoms with E-state index in [0.29, 0.717) is 17.5 Å². The van der Waals surface area contributed by atoms with Crippen molar-refractivity contribution in [2.45, 2.75) is 64.1 Å². The Hall–Kier alpha value is -0.850. The molecule has 20 heavy (non-hydrogen) atoms. The zero-order valence-corrected chi connectivity index (χ0v) is 13.9. The molecule has 1 aromatic heterocycles. The highest BCUT2D eigenvalue weighted by molar-refractivity contribution is 7.89. The molecule has 1 aromatic rings. The Morgan fingerprint density at radius 3 is 2.35 bits per heavy atom. The predicted octanol–water partition coefficient (Wildman–Crippen LogP) is 1.99. The monoisotopic (exact) mass is 301 g/mol. The van der Waals surface area contributed by atoms with Crippen LogP contribution in [0.15, 0.2) is 17.2 Å². The first-order chi connectivity index (χ1) is 9.30. The maximum atomic E-state index is 12.3. The Balaban J connectivity index is 2.88. The summed E-state index contributed by atoms with van der Waals surface area (Å²) in [6.45, 7) is 8.76. The molecular weight excluding hydrogens is 274 g/mol. The van der Waals surface area contributed by atoms with E-state index in [-0.39, 0.29) is 6.04 Å². The third-order valence-electron chi connectivity index (χ3n) is 3.39. The number of sulfonamides is 1. The van der Waals surface area contributed by atoms with Crippen LogP contribution in [0.5, 0.6) is 0 Å². The molecule has 0 amide bonds. The summed E-state index contributed by atoms with van der Waals surface area (Å²) in [6, 6.07) is 2.10. The van der Waals surface area contributed by atoms with Gasteiger partial charge in [0.25, 0.3) is 0 Å². The molecule has 0 aliphatic carbocycles. The number of aromatic nitrogens is 1. The van der Waals surface area contributed by atoms with Crippen molar-refractivity contribution >= 4 is 10.0 Å². The highest BCUT2D eigenvalue weighted by Gasteiger charge is 2.20. The van der Waals surface area contributed by atoms with Crippen molar-refractivity contribution in [1.82, 2.24) is 14.6 Å². The first-order valence-corrected chi connectivity index (χ1v) is 8.69. The minimum absolute atomic E-state index is 0.00237. The Labute approximate surface area is 122 Å². The molecule has 0 saturated carbocycles. The Bertz CT molecular complexity index is 517. The number of hydrogen-bond acceptors (Lipinski definition) is 3. The maximum Gasteiger partial charge on any atom is 0.242 e. The maximum absolute atomic E-state index is 12.3. The standard InChI is InChI=1S/C14H27N3O2S/c1-6-12(7-2)16-20(18,19)14-8-13(17(5)10-14)9-15-11(3)4/h8,10-12,15-16H,6-7,9H2,1-5H3. The predicted molar refractivity (Wildman–Crippen MR) is 82.1 cm³/mol. The van der Waals surface area contributed by atoms with Gasteiger partial charge in [-0.3, -0.25) is 0 Å². The Morgan fingerprint density at radius 1 is 1.25 bits per heavy atom. The van der Waals surface area contributed by atoms with Crippen LogP contribution in [0.1, 0.15) is 46.2 Å². The summed E-state index contributed by atoms with van der Waals surface area (Å²) in [5.41, 5.74) is 0.962. The topological polar surface area (TPSA) is 63.1 Å². The second-order valence-corrected chi connectivity index (χ2v) is 7.16. The highest BCUT2D eigenvalue weighted by atomic mass is 32.2. The molecule has 1 rings (SSSR count). The first kappa shape index (κ1) is 17.2. The molecule has 0 radical (unpaired) electrons. The van der Waals surface area contributed by atoms with Gasteiger partial charge in [-0.25, -0.2) is 13.1 Å². The van der Waals surface area contributed by atoms with E-state index in [2.05, 4.69) is 23.9 Å². The lowest BCUT2D eigenvalue weighted by Crippen LogP contribution is -2.33. The average Bonchev–Trinajstić information content (AvgIpc) is 2.75. The van der Waals surface area contributed by atoms with Gasteiger partial charge in [0.05, 0.1) is 4.90 Å². The van der Waals surface area contributed by atoms with Crippen LogP contribution in [0.3, 0.4) is 0 Å². The SMILES string of the molecule is CCC(CC)NS(=O)(=O)c1cc(CNC(C)C)n(C)c1. The zero-order chi connectivity index (χ0) is 15.3. The molecule has 0 saturated heterocycles. The van der Waals surface area contributed by atoms with Gasteiger partial charge in [-0.15, -0.1) is 0 Å². The van der Waals surface area contributed by atoms with Crippen LogP contribution in [0.4, 0.5) is 0 Å². The van der Waals surface area contributed by atoms with Crippen LogP contribution >= 0.6 is 0 Å². The van der Waals surface area contributed by atoms with E-state index < -0.39 is 10.0 Å².